The van der Waals surface area contributed by atoms with Crippen LogP contribution in [0.25, 0.3) is 10.6 Å². The molecule has 0 N–H and O–H groups in total. The molecule has 16 heavy (non-hydrogen) atoms. The van der Waals surface area contributed by atoms with Gasteiger partial charge in [0.1, 0.15) is 5.01 Å². The lowest BCUT2D eigenvalue weighted by atomic mass is 10.2. The molecule has 0 aliphatic carbocycles. The maximum atomic E-state index is 11.2. The molecule has 0 aliphatic rings. The van der Waals surface area contributed by atoms with Crippen LogP contribution in [0, 0.1) is 0 Å². The van der Waals surface area contributed by atoms with Gasteiger partial charge in [-0.2, -0.15) is 0 Å². The van der Waals surface area contributed by atoms with E-state index in [0.29, 0.717) is 9.90 Å². The van der Waals surface area contributed by atoms with E-state index in [1.165, 1.54) is 18.3 Å². The summed E-state index contributed by atoms with van der Waals surface area (Å²) in [5, 5.41) is 1.39. The number of carbonyl (C=O) groups excluding carboxylic acids is 1. The first-order valence-corrected chi connectivity index (χ1v) is 6.49. The number of rotatable bonds is 2. The molecule has 0 saturated heterocycles. The molecule has 2 aromatic rings. The summed E-state index contributed by atoms with van der Waals surface area (Å²) in [5.41, 5.74) is 0.841. The Labute approximate surface area is 110 Å². The first-order valence-electron chi connectivity index (χ1n) is 4.50. The summed E-state index contributed by atoms with van der Waals surface area (Å²) in [6, 6.07) is 5.56. The van der Waals surface area contributed by atoms with Crippen LogP contribution in [0.15, 0.2) is 28.9 Å². The Bertz CT molecular complexity index is 553. The summed E-state index contributed by atoms with van der Waals surface area (Å²) < 4.78 is 0.937. The van der Waals surface area contributed by atoms with Crippen molar-refractivity contribution in [1.82, 2.24) is 4.98 Å². The smallest absolute Gasteiger partial charge is 0.171 e. The molecule has 82 valence electrons. The minimum absolute atomic E-state index is 0.0230. The second kappa shape index (κ2) is 4.65. The van der Waals surface area contributed by atoms with Gasteiger partial charge in [-0.1, -0.05) is 27.5 Å². The third kappa shape index (κ3) is 2.34. The minimum atomic E-state index is 0.0230. The Morgan fingerprint density at radius 2 is 2.25 bits per heavy atom. The molecule has 5 heteroatoms. The van der Waals surface area contributed by atoms with Gasteiger partial charge in [0, 0.05) is 23.2 Å². The van der Waals surface area contributed by atoms with Crippen molar-refractivity contribution in [3.63, 3.8) is 0 Å². The van der Waals surface area contributed by atoms with E-state index in [4.69, 9.17) is 11.6 Å². The highest BCUT2D eigenvalue weighted by atomic mass is 79.9. The zero-order valence-corrected chi connectivity index (χ0v) is 11.5. The van der Waals surface area contributed by atoms with E-state index in [0.717, 1.165) is 15.0 Å². The molecule has 0 bridgehead atoms. The number of hydrogen-bond donors (Lipinski definition) is 0. The standard InChI is InChI=1S/C11H7BrClNOS/c1-6(15)10-5-14-11(16-10)8-4-7(12)2-3-9(8)13/h2-5H,1H3. The normalized spacial score (nSPS) is 10.4. The van der Waals surface area contributed by atoms with Gasteiger partial charge in [-0.15, -0.1) is 11.3 Å². The van der Waals surface area contributed by atoms with E-state index in [2.05, 4.69) is 20.9 Å². The second-order valence-corrected chi connectivity index (χ2v) is 5.56. The highest BCUT2D eigenvalue weighted by Gasteiger charge is 2.11. The van der Waals surface area contributed by atoms with Gasteiger partial charge in [0.2, 0.25) is 0 Å². The lowest BCUT2D eigenvalue weighted by Crippen LogP contribution is -1.83. The van der Waals surface area contributed by atoms with Gasteiger partial charge in [0.05, 0.1) is 9.90 Å². The van der Waals surface area contributed by atoms with Crippen LogP contribution in [0.4, 0.5) is 0 Å². The molecular weight excluding hydrogens is 310 g/mol. The lowest BCUT2D eigenvalue weighted by Gasteiger charge is -2.00. The Balaban J connectivity index is 2.50. The Morgan fingerprint density at radius 1 is 1.50 bits per heavy atom. The number of halogens is 2. The average Bonchev–Trinajstić information content (AvgIpc) is 2.70. The maximum Gasteiger partial charge on any atom is 0.171 e. The van der Waals surface area contributed by atoms with Crippen molar-refractivity contribution in [2.75, 3.05) is 0 Å². The third-order valence-corrected chi connectivity index (χ3v) is 3.97. The molecule has 0 amide bonds. The van der Waals surface area contributed by atoms with Crippen LogP contribution < -0.4 is 0 Å². The Hall–Kier alpha value is -0.710. The van der Waals surface area contributed by atoms with Crippen molar-refractivity contribution >= 4 is 44.7 Å². The fourth-order valence-electron chi connectivity index (χ4n) is 1.22. The van der Waals surface area contributed by atoms with Crippen LogP contribution >= 0.6 is 38.9 Å². The first kappa shape index (κ1) is 11.8. The molecule has 0 saturated carbocycles. The zero-order valence-electron chi connectivity index (χ0n) is 8.33. The van der Waals surface area contributed by atoms with Crippen LogP contribution in [-0.4, -0.2) is 10.8 Å². The van der Waals surface area contributed by atoms with Crippen LogP contribution in [0.2, 0.25) is 5.02 Å². The fraction of sp³-hybridized carbons (Fsp3) is 0.0909. The number of nitrogens with zero attached hydrogens (tertiary/aromatic N) is 1. The largest absolute Gasteiger partial charge is 0.294 e. The number of hydrogen-bond acceptors (Lipinski definition) is 3. The molecule has 1 aromatic carbocycles. The molecule has 0 aliphatic heterocycles. The third-order valence-electron chi connectivity index (χ3n) is 2.01. The van der Waals surface area contributed by atoms with Crippen molar-refractivity contribution in [3.05, 3.63) is 38.8 Å². The topological polar surface area (TPSA) is 30.0 Å². The molecule has 0 unspecified atom stereocenters. The Morgan fingerprint density at radius 3 is 2.88 bits per heavy atom. The number of aromatic nitrogens is 1. The highest BCUT2D eigenvalue weighted by Crippen LogP contribution is 2.33. The van der Waals surface area contributed by atoms with E-state index < -0.39 is 0 Å². The van der Waals surface area contributed by atoms with Gasteiger partial charge in [0.15, 0.2) is 5.78 Å². The first-order chi connectivity index (χ1) is 7.58. The number of carbonyl (C=O) groups is 1. The quantitative estimate of drug-likeness (QED) is 0.767. The average molecular weight is 317 g/mol. The van der Waals surface area contributed by atoms with Gasteiger partial charge in [-0.25, -0.2) is 4.98 Å². The molecule has 1 heterocycles. The van der Waals surface area contributed by atoms with Crippen LogP contribution in [0.1, 0.15) is 16.6 Å². The number of benzene rings is 1. The molecule has 0 fully saturated rings. The fourth-order valence-corrected chi connectivity index (χ4v) is 2.69. The van der Waals surface area contributed by atoms with Crippen LogP contribution in [0.3, 0.4) is 0 Å². The molecule has 2 rings (SSSR count). The zero-order chi connectivity index (χ0) is 11.7. The monoisotopic (exact) mass is 315 g/mol. The second-order valence-electron chi connectivity index (χ2n) is 3.21. The number of Topliss-reactive ketones (excluding diaryl/α,β-unsaturated/α-hetero) is 1. The van der Waals surface area contributed by atoms with Gasteiger partial charge in [0.25, 0.3) is 0 Å². The molecule has 0 spiro atoms. The summed E-state index contributed by atoms with van der Waals surface area (Å²) in [7, 11) is 0. The summed E-state index contributed by atoms with van der Waals surface area (Å²) in [6.07, 6.45) is 1.58. The van der Waals surface area contributed by atoms with Gasteiger partial charge in [-0.05, 0) is 18.2 Å². The summed E-state index contributed by atoms with van der Waals surface area (Å²) in [5.74, 6) is 0.0230. The summed E-state index contributed by atoms with van der Waals surface area (Å²) in [6.45, 7) is 1.53. The van der Waals surface area contributed by atoms with E-state index in [-0.39, 0.29) is 5.78 Å². The lowest BCUT2D eigenvalue weighted by molar-refractivity contribution is 0.102. The Kier molecular flexibility index (Phi) is 3.42. The molecule has 2 nitrogen and oxygen atoms in total. The van der Waals surface area contributed by atoms with Crippen LogP contribution in [-0.2, 0) is 0 Å². The maximum absolute atomic E-state index is 11.2. The van der Waals surface area contributed by atoms with Crippen molar-refractivity contribution in [1.29, 1.82) is 0 Å². The van der Waals surface area contributed by atoms with E-state index in [9.17, 15) is 4.79 Å². The predicted octanol–water partition coefficient (Wildman–Crippen LogP) is 4.43. The van der Waals surface area contributed by atoms with E-state index >= 15 is 0 Å². The van der Waals surface area contributed by atoms with E-state index in [1.54, 1.807) is 12.3 Å². The van der Waals surface area contributed by atoms with Crippen molar-refractivity contribution in [2.24, 2.45) is 0 Å². The molecular formula is C11H7BrClNOS. The van der Waals surface area contributed by atoms with Crippen LogP contribution in [0.5, 0.6) is 0 Å². The molecule has 0 radical (unpaired) electrons. The SMILES string of the molecule is CC(=O)c1cnc(-c2cc(Br)ccc2Cl)s1. The summed E-state index contributed by atoms with van der Waals surface area (Å²) >= 11 is 10.8. The highest BCUT2D eigenvalue weighted by molar-refractivity contribution is 9.10. The molecule has 0 atom stereocenters. The van der Waals surface area contributed by atoms with Gasteiger partial charge < -0.3 is 0 Å². The van der Waals surface area contributed by atoms with Crippen molar-refractivity contribution in [3.8, 4) is 10.6 Å². The summed E-state index contributed by atoms with van der Waals surface area (Å²) in [4.78, 5) is 16.0. The predicted molar refractivity (Wildman–Crippen MR) is 70.3 cm³/mol. The van der Waals surface area contributed by atoms with Gasteiger partial charge >= 0.3 is 0 Å². The number of ketones is 1. The van der Waals surface area contributed by atoms with Gasteiger partial charge in [-0.3, -0.25) is 4.79 Å². The molecule has 1 aromatic heterocycles. The number of thiazole rings is 1. The van der Waals surface area contributed by atoms with Crippen molar-refractivity contribution in [2.45, 2.75) is 6.92 Å². The minimum Gasteiger partial charge on any atom is -0.294 e. The van der Waals surface area contributed by atoms with Crippen molar-refractivity contribution < 1.29 is 4.79 Å². The van der Waals surface area contributed by atoms with E-state index in [1.807, 2.05) is 12.1 Å².